The Morgan fingerprint density at radius 2 is 1.90 bits per heavy atom. The van der Waals surface area contributed by atoms with Gasteiger partial charge in [-0.05, 0) is 64.2 Å². The van der Waals surface area contributed by atoms with Crippen molar-refractivity contribution >= 4 is 0 Å². The minimum absolute atomic E-state index is 0.525. The van der Waals surface area contributed by atoms with Crippen molar-refractivity contribution in [2.75, 3.05) is 46.8 Å². The minimum Gasteiger partial charge on any atom is -0.319 e. The summed E-state index contributed by atoms with van der Waals surface area (Å²) in [5.41, 5.74) is 0.525. The molecule has 1 saturated carbocycles. The van der Waals surface area contributed by atoms with E-state index in [1.165, 1.54) is 71.2 Å². The molecule has 0 aromatic rings. The number of hydrogen-bond acceptors (Lipinski definition) is 3. The van der Waals surface area contributed by atoms with Crippen molar-refractivity contribution in [2.45, 2.75) is 58.4 Å². The van der Waals surface area contributed by atoms with Crippen molar-refractivity contribution < 1.29 is 0 Å². The second-order valence-corrected chi connectivity index (χ2v) is 7.86. The Hall–Kier alpha value is -0.120. The van der Waals surface area contributed by atoms with Crippen LogP contribution < -0.4 is 5.32 Å². The van der Waals surface area contributed by atoms with Gasteiger partial charge in [0.1, 0.15) is 0 Å². The van der Waals surface area contributed by atoms with Gasteiger partial charge in [-0.2, -0.15) is 0 Å². The zero-order chi connectivity index (χ0) is 15.3. The van der Waals surface area contributed by atoms with Gasteiger partial charge in [-0.15, -0.1) is 0 Å². The average Bonchev–Trinajstić information content (AvgIpc) is 2.64. The third kappa shape index (κ3) is 4.67. The van der Waals surface area contributed by atoms with Crippen LogP contribution in [0.5, 0.6) is 0 Å². The van der Waals surface area contributed by atoms with Gasteiger partial charge < -0.3 is 10.2 Å². The molecule has 0 amide bonds. The van der Waals surface area contributed by atoms with E-state index in [-0.39, 0.29) is 0 Å². The lowest BCUT2D eigenvalue weighted by Gasteiger charge is -2.44. The van der Waals surface area contributed by atoms with Crippen LogP contribution in [0.3, 0.4) is 0 Å². The Morgan fingerprint density at radius 3 is 2.52 bits per heavy atom. The Bertz CT molecular complexity index is 297. The fourth-order valence-electron chi connectivity index (χ4n) is 4.46. The third-order valence-corrected chi connectivity index (χ3v) is 5.92. The lowest BCUT2D eigenvalue weighted by atomic mass is 9.70. The summed E-state index contributed by atoms with van der Waals surface area (Å²) in [7, 11) is 4.42. The number of rotatable bonds is 5. The molecule has 1 unspecified atom stereocenters. The Morgan fingerprint density at radius 1 is 1.19 bits per heavy atom. The predicted octanol–water partition coefficient (Wildman–Crippen LogP) is 2.82. The van der Waals surface area contributed by atoms with Crippen molar-refractivity contribution in [1.82, 2.24) is 15.1 Å². The van der Waals surface area contributed by atoms with Crippen LogP contribution in [0.4, 0.5) is 0 Å². The molecule has 1 aliphatic carbocycles. The molecule has 1 atom stereocenters. The summed E-state index contributed by atoms with van der Waals surface area (Å²) < 4.78 is 0. The zero-order valence-electron chi connectivity index (χ0n) is 14.8. The van der Waals surface area contributed by atoms with Gasteiger partial charge in [-0.3, -0.25) is 4.90 Å². The Balaban J connectivity index is 2.03. The minimum atomic E-state index is 0.525. The molecule has 2 aliphatic rings. The third-order valence-electron chi connectivity index (χ3n) is 5.92. The van der Waals surface area contributed by atoms with Gasteiger partial charge in [0, 0.05) is 25.7 Å². The fourth-order valence-corrected chi connectivity index (χ4v) is 4.46. The smallest absolute Gasteiger partial charge is 0.0220 e. The average molecular weight is 296 g/mol. The summed E-state index contributed by atoms with van der Waals surface area (Å²) in [6.07, 6.45) is 8.30. The quantitative estimate of drug-likeness (QED) is 0.841. The molecule has 21 heavy (non-hydrogen) atoms. The summed E-state index contributed by atoms with van der Waals surface area (Å²) in [5.74, 6) is 0.937. The molecule has 1 aliphatic heterocycles. The van der Waals surface area contributed by atoms with Crippen molar-refractivity contribution in [2.24, 2.45) is 11.3 Å². The van der Waals surface area contributed by atoms with Crippen molar-refractivity contribution in [3.63, 3.8) is 0 Å². The molecule has 2 fully saturated rings. The largest absolute Gasteiger partial charge is 0.319 e. The SMILES string of the molecule is CCC1CN(C)CCCN1CC1(CNC)CCC(C)CC1. The highest BCUT2D eigenvalue weighted by molar-refractivity contribution is 4.91. The van der Waals surface area contributed by atoms with E-state index in [0.29, 0.717) is 5.41 Å². The first-order valence-electron chi connectivity index (χ1n) is 9.16. The molecular weight excluding hydrogens is 258 g/mol. The summed E-state index contributed by atoms with van der Waals surface area (Å²) in [5, 5.41) is 3.50. The molecule has 2 rings (SSSR count). The molecule has 1 N–H and O–H groups in total. The fraction of sp³-hybridized carbons (Fsp3) is 1.00. The Kier molecular flexibility index (Phi) is 6.51. The summed E-state index contributed by atoms with van der Waals surface area (Å²) in [6, 6.07) is 0.755. The van der Waals surface area contributed by atoms with E-state index in [0.717, 1.165) is 12.0 Å². The van der Waals surface area contributed by atoms with Gasteiger partial charge >= 0.3 is 0 Å². The van der Waals surface area contributed by atoms with E-state index < -0.39 is 0 Å². The molecule has 1 heterocycles. The maximum Gasteiger partial charge on any atom is 0.0220 e. The number of nitrogens with one attached hydrogen (secondary N) is 1. The van der Waals surface area contributed by atoms with Crippen LogP contribution in [-0.4, -0.2) is 62.7 Å². The first kappa shape index (κ1) is 17.2. The highest BCUT2D eigenvalue weighted by atomic mass is 15.2. The van der Waals surface area contributed by atoms with Crippen LogP contribution in [0.15, 0.2) is 0 Å². The van der Waals surface area contributed by atoms with E-state index in [1.807, 2.05) is 0 Å². The van der Waals surface area contributed by atoms with E-state index in [9.17, 15) is 0 Å². The van der Waals surface area contributed by atoms with Crippen molar-refractivity contribution in [1.29, 1.82) is 0 Å². The van der Waals surface area contributed by atoms with Gasteiger partial charge in [0.2, 0.25) is 0 Å². The highest BCUT2D eigenvalue weighted by Gasteiger charge is 2.37. The summed E-state index contributed by atoms with van der Waals surface area (Å²) >= 11 is 0. The van der Waals surface area contributed by atoms with Crippen LogP contribution in [-0.2, 0) is 0 Å². The maximum atomic E-state index is 3.50. The van der Waals surface area contributed by atoms with Crippen LogP contribution in [0.1, 0.15) is 52.4 Å². The topological polar surface area (TPSA) is 18.5 Å². The van der Waals surface area contributed by atoms with Crippen LogP contribution in [0.2, 0.25) is 0 Å². The lowest BCUT2D eigenvalue weighted by molar-refractivity contribution is 0.0634. The molecule has 1 saturated heterocycles. The molecule has 0 aromatic carbocycles. The van der Waals surface area contributed by atoms with Gasteiger partial charge in [0.05, 0.1) is 0 Å². The molecule has 124 valence electrons. The lowest BCUT2D eigenvalue weighted by Crippen LogP contribution is -2.50. The molecular formula is C18H37N3. The number of hydrogen-bond donors (Lipinski definition) is 1. The van der Waals surface area contributed by atoms with Gasteiger partial charge in [0.25, 0.3) is 0 Å². The highest BCUT2D eigenvalue weighted by Crippen LogP contribution is 2.39. The molecule has 3 nitrogen and oxygen atoms in total. The first-order valence-corrected chi connectivity index (χ1v) is 9.16. The maximum absolute atomic E-state index is 3.50. The van der Waals surface area contributed by atoms with E-state index in [1.54, 1.807) is 0 Å². The van der Waals surface area contributed by atoms with Crippen LogP contribution >= 0.6 is 0 Å². The summed E-state index contributed by atoms with van der Waals surface area (Å²) in [6.45, 7) is 11.1. The van der Waals surface area contributed by atoms with Gasteiger partial charge in [0.15, 0.2) is 0 Å². The monoisotopic (exact) mass is 295 g/mol. The number of likely N-dealkylation sites (N-methyl/N-ethyl adjacent to an activating group) is 1. The molecule has 3 heteroatoms. The molecule has 0 radical (unpaired) electrons. The number of nitrogens with zero attached hydrogens (tertiary/aromatic N) is 2. The first-order chi connectivity index (χ1) is 10.1. The summed E-state index contributed by atoms with van der Waals surface area (Å²) in [4.78, 5) is 5.36. The molecule has 0 aromatic heterocycles. The molecule has 0 bridgehead atoms. The van der Waals surface area contributed by atoms with E-state index in [2.05, 4.69) is 43.1 Å². The second-order valence-electron chi connectivity index (χ2n) is 7.86. The van der Waals surface area contributed by atoms with E-state index in [4.69, 9.17) is 0 Å². The normalized spacial score (nSPS) is 36.6. The van der Waals surface area contributed by atoms with Crippen LogP contribution in [0.25, 0.3) is 0 Å². The second kappa shape index (κ2) is 7.94. The van der Waals surface area contributed by atoms with Crippen molar-refractivity contribution in [3.8, 4) is 0 Å². The van der Waals surface area contributed by atoms with Crippen molar-refractivity contribution in [3.05, 3.63) is 0 Å². The predicted molar refractivity (Wildman–Crippen MR) is 91.8 cm³/mol. The zero-order valence-corrected chi connectivity index (χ0v) is 14.8. The van der Waals surface area contributed by atoms with Crippen LogP contribution in [0, 0.1) is 11.3 Å². The molecule has 0 spiro atoms. The van der Waals surface area contributed by atoms with E-state index >= 15 is 0 Å². The van der Waals surface area contributed by atoms with Gasteiger partial charge in [-0.1, -0.05) is 26.7 Å². The standard InChI is InChI=1S/C18H37N3/c1-5-17-13-20(4)11-6-12-21(17)15-18(14-19-3)9-7-16(2)8-10-18/h16-17,19H,5-15H2,1-4H3. The van der Waals surface area contributed by atoms with Gasteiger partial charge in [-0.25, -0.2) is 0 Å². The Labute approximate surface area is 132 Å².